The predicted octanol–water partition coefficient (Wildman–Crippen LogP) is 2.83. The van der Waals surface area contributed by atoms with Gasteiger partial charge in [-0.25, -0.2) is 0 Å². The number of rotatable bonds is 3. The van der Waals surface area contributed by atoms with E-state index < -0.39 is 0 Å². The molecule has 1 aliphatic rings. The molecule has 5 nitrogen and oxygen atoms in total. The highest BCUT2D eigenvalue weighted by Gasteiger charge is 2.22. The minimum atomic E-state index is 0.302. The van der Waals surface area contributed by atoms with Gasteiger partial charge in [-0.1, -0.05) is 37.2 Å². The molecule has 1 aromatic heterocycles. The molecule has 0 saturated carbocycles. The Morgan fingerprint density at radius 2 is 1.71 bits per heavy atom. The van der Waals surface area contributed by atoms with Crippen LogP contribution in [0.15, 0.2) is 28.8 Å². The molecule has 0 aliphatic carbocycles. The fourth-order valence-corrected chi connectivity index (χ4v) is 2.65. The molecule has 0 atom stereocenters. The number of piperazine rings is 1. The van der Waals surface area contributed by atoms with Crippen molar-refractivity contribution in [1.29, 1.82) is 0 Å². The van der Waals surface area contributed by atoms with Crippen molar-refractivity contribution in [3.05, 3.63) is 35.7 Å². The first-order valence-corrected chi connectivity index (χ1v) is 7.54. The minimum absolute atomic E-state index is 0.302. The van der Waals surface area contributed by atoms with Crippen LogP contribution < -0.4 is 9.80 Å². The average Bonchev–Trinajstić information content (AvgIpc) is 2.98. The van der Waals surface area contributed by atoms with Crippen molar-refractivity contribution in [2.75, 3.05) is 36.0 Å². The summed E-state index contributed by atoms with van der Waals surface area (Å²) in [6.45, 7) is 10.1. The van der Waals surface area contributed by atoms with Crippen molar-refractivity contribution >= 4 is 11.7 Å². The lowest BCUT2D eigenvalue weighted by molar-refractivity contribution is 0.400. The smallest absolute Gasteiger partial charge is 0.324 e. The van der Waals surface area contributed by atoms with Gasteiger partial charge in [-0.15, -0.1) is 0 Å². The molecule has 0 radical (unpaired) electrons. The molecular formula is C16H22N4O. The molecule has 0 bridgehead atoms. The van der Waals surface area contributed by atoms with Gasteiger partial charge in [-0.2, -0.15) is 4.98 Å². The first-order chi connectivity index (χ1) is 10.1. The molecular weight excluding hydrogens is 264 g/mol. The first-order valence-electron chi connectivity index (χ1n) is 7.54. The second-order valence-electron chi connectivity index (χ2n) is 5.85. The van der Waals surface area contributed by atoms with Crippen LogP contribution in [0, 0.1) is 6.92 Å². The van der Waals surface area contributed by atoms with Crippen LogP contribution in [-0.2, 0) is 0 Å². The number of anilines is 2. The lowest BCUT2D eigenvalue weighted by Gasteiger charge is -2.35. The summed E-state index contributed by atoms with van der Waals surface area (Å²) in [7, 11) is 0. The minimum Gasteiger partial charge on any atom is -0.368 e. The van der Waals surface area contributed by atoms with Crippen LogP contribution in [0.1, 0.15) is 31.2 Å². The topological polar surface area (TPSA) is 45.4 Å². The van der Waals surface area contributed by atoms with Gasteiger partial charge in [0, 0.05) is 37.8 Å². The number of hydrogen-bond donors (Lipinski definition) is 0. The lowest BCUT2D eigenvalue weighted by Crippen LogP contribution is -2.46. The van der Waals surface area contributed by atoms with Crippen molar-refractivity contribution in [2.45, 2.75) is 26.7 Å². The summed E-state index contributed by atoms with van der Waals surface area (Å²) in [6, 6.07) is 9.19. The zero-order chi connectivity index (χ0) is 14.8. The van der Waals surface area contributed by atoms with E-state index >= 15 is 0 Å². The summed E-state index contributed by atoms with van der Waals surface area (Å²) in [6.07, 6.45) is 0. The zero-order valence-electron chi connectivity index (χ0n) is 12.9. The van der Waals surface area contributed by atoms with Crippen molar-refractivity contribution < 1.29 is 4.52 Å². The van der Waals surface area contributed by atoms with Gasteiger partial charge >= 0.3 is 6.01 Å². The van der Waals surface area contributed by atoms with Gasteiger partial charge in [-0.05, 0) is 18.6 Å². The third-order valence-electron chi connectivity index (χ3n) is 3.95. The fourth-order valence-electron chi connectivity index (χ4n) is 2.65. The molecule has 21 heavy (non-hydrogen) atoms. The van der Waals surface area contributed by atoms with Crippen molar-refractivity contribution in [2.24, 2.45) is 0 Å². The van der Waals surface area contributed by atoms with Crippen LogP contribution in [0.2, 0.25) is 0 Å². The number of para-hydroxylation sites is 1. The molecule has 1 saturated heterocycles. The number of aromatic nitrogens is 2. The maximum absolute atomic E-state index is 5.38. The molecule has 2 aromatic rings. The van der Waals surface area contributed by atoms with E-state index in [1.54, 1.807) is 0 Å². The molecule has 0 unspecified atom stereocenters. The summed E-state index contributed by atoms with van der Waals surface area (Å²) < 4.78 is 5.38. The van der Waals surface area contributed by atoms with Crippen molar-refractivity contribution in [1.82, 2.24) is 10.1 Å². The molecule has 112 valence electrons. The maximum atomic E-state index is 5.38. The molecule has 3 rings (SSSR count). The third-order valence-corrected chi connectivity index (χ3v) is 3.95. The van der Waals surface area contributed by atoms with Crippen LogP contribution in [0.3, 0.4) is 0 Å². The summed E-state index contributed by atoms with van der Waals surface area (Å²) >= 11 is 0. The van der Waals surface area contributed by atoms with Crippen LogP contribution in [-0.4, -0.2) is 36.3 Å². The van der Waals surface area contributed by atoms with E-state index in [9.17, 15) is 0 Å². The number of benzene rings is 1. The first kappa shape index (κ1) is 13.9. The van der Waals surface area contributed by atoms with Gasteiger partial charge in [0.05, 0.1) is 0 Å². The summed E-state index contributed by atoms with van der Waals surface area (Å²) in [4.78, 5) is 9.07. The Balaban J connectivity index is 1.66. The largest absolute Gasteiger partial charge is 0.368 e. The zero-order valence-corrected chi connectivity index (χ0v) is 12.9. The van der Waals surface area contributed by atoms with E-state index in [0.29, 0.717) is 11.9 Å². The molecule has 0 spiro atoms. The Bertz CT molecular complexity index is 600. The molecule has 5 heteroatoms. The number of aryl methyl sites for hydroxylation is 1. The second-order valence-corrected chi connectivity index (χ2v) is 5.85. The summed E-state index contributed by atoms with van der Waals surface area (Å²) in [5.74, 6) is 1.09. The normalized spacial score (nSPS) is 15.8. The Kier molecular flexibility index (Phi) is 3.82. The van der Waals surface area contributed by atoms with Gasteiger partial charge in [0.1, 0.15) is 0 Å². The van der Waals surface area contributed by atoms with Gasteiger partial charge in [0.25, 0.3) is 0 Å². The quantitative estimate of drug-likeness (QED) is 0.868. The second kappa shape index (κ2) is 5.76. The highest BCUT2D eigenvalue weighted by molar-refractivity contribution is 5.54. The lowest BCUT2D eigenvalue weighted by atomic mass is 10.1. The van der Waals surface area contributed by atoms with E-state index in [2.05, 4.69) is 65.0 Å². The molecule has 0 amide bonds. The van der Waals surface area contributed by atoms with Crippen LogP contribution in [0.5, 0.6) is 0 Å². The van der Waals surface area contributed by atoms with Crippen LogP contribution in [0.4, 0.5) is 11.7 Å². The van der Waals surface area contributed by atoms with E-state index in [-0.39, 0.29) is 0 Å². The monoisotopic (exact) mass is 286 g/mol. The Morgan fingerprint density at radius 1 is 1.05 bits per heavy atom. The van der Waals surface area contributed by atoms with Crippen molar-refractivity contribution in [3.8, 4) is 0 Å². The Morgan fingerprint density at radius 3 is 2.33 bits per heavy atom. The average molecular weight is 286 g/mol. The number of hydrogen-bond acceptors (Lipinski definition) is 5. The van der Waals surface area contributed by atoms with Gasteiger partial charge in [-0.3, -0.25) is 0 Å². The predicted molar refractivity (Wildman–Crippen MR) is 84.0 cm³/mol. The van der Waals surface area contributed by atoms with E-state index in [0.717, 1.165) is 32.0 Å². The van der Waals surface area contributed by atoms with Crippen LogP contribution in [0.25, 0.3) is 0 Å². The highest BCUT2D eigenvalue weighted by atomic mass is 16.5. The summed E-state index contributed by atoms with van der Waals surface area (Å²) in [5, 5.41) is 4.04. The standard InChI is InChI=1S/C16H22N4O/c1-12(2)15-17-16(21-18-15)20-10-8-19(9-11-20)14-7-5-4-6-13(14)3/h4-7,12H,8-11H2,1-3H3. The molecule has 2 heterocycles. The van der Waals surface area contributed by atoms with Crippen LogP contribution >= 0.6 is 0 Å². The summed E-state index contributed by atoms with van der Waals surface area (Å²) in [5.41, 5.74) is 2.65. The highest BCUT2D eigenvalue weighted by Crippen LogP contribution is 2.23. The Labute approximate surface area is 125 Å². The van der Waals surface area contributed by atoms with Gasteiger partial charge in [0.2, 0.25) is 0 Å². The molecule has 1 fully saturated rings. The van der Waals surface area contributed by atoms with E-state index in [4.69, 9.17) is 4.52 Å². The fraction of sp³-hybridized carbons (Fsp3) is 0.500. The molecule has 0 N–H and O–H groups in total. The van der Waals surface area contributed by atoms with E-state index in [1.165, 1.54) is 11.3 Å². The molecule has 1 aliphatic heterocycles. The maximum Gasteiger partial charge on any atom is 0.324 e. The van der Waals surface area contributed by atoms with E-state index in [1.807, 2.05) is 0 Å². The van der Waals surface area contributed by atoms with Crippen molar-refractivity contribution in [3.63, 3.8) is 0 Å². The third kappa shape index (κ3) is 2.86. The Hall–Kier alpha value is -2.04. The SMILES string of the molecule is Cc1ccccc1N1CCN(c2nc(C(C)C)no2)CC1. The van der Waals surface area contributed by atoms with Gasteiger partial charge in [0.15, 0.2) is 5.82 Å². The molecule has 1 aromatic carbocycles. The number of nitrogens with zero attached hydrogens (tertiary/aromatic N) is 4. The van der Waals surface area contributed by atoms with Gasteiger partial charge < -0.3 is 14.3 Å².